The summed E-state index contributed by atoms with van der Waals surface area (Å²) in [6, 6.07) is 6.55. The number of hydrogen-bond acceptors (Lipinski definition) is 4. The fourth-order valence-electron chi connectivity index (χ4n) is 4.04. The van der Waals surface area contributed by atoms with Crippen molar-refractivity contribution >= 4 is 21.6 Å². The van der Waals surface area contributed by atoms with Crippen molar-refractivity contribution in [1.82, 2.24) is 14.1 Å². The molecule has 1 saturated heterocycles. The third-order valence-electron chi connectivity index (χ3n) is 5.73. The van der Waals surface area contributed by atoms with Crippen molar-refractivity contribution in [3.63, 3.8) is 0 Å². The molecule has 0 radical (unpaired) electrons. The Kier molecular flexibility index (Phi) is 7.54. The van der Waals surface area contributed by atoms with E-state index in [0.717, 1.165) is 49.2 Å². The lowest BCUT2D eigenvalue weighted by atomic mass is 10.1. The molecule has 8 heteroatoms. The fourth-order valence-corrected chi connectivity index (χ4v) is 5.61. The van der Waals surface area contributed by atoms with E-state index in [4.69, 9.17) is 0 Å². The Labute approximate surface area is 185 Å². The SMILES string of the molecule is Cc1nn(CC(C)C)c(C)c1CC(=O)Nc1cccc(S(=O)(=O)N2CCCCCC2)c1. The molecule has 0 saturated carbocycles. The lowest BCUT2D eigenvalue weighted by Gasteiger charge is -2.20. The lowest BCUT2D eigenvalue weighted by molar-refractivity contribution is -0.115. The molecule has 3 rings (SSSR count). The zero-order valence-electron chi connectivity index (χ0n) is 19.0. The largest absolute Gasteiger partial charge is 0.326 e. The van der Waals surface area contributed by atoms with E-state index in [9.17, 15) is 13.2 Å². The molecule has 1 amide bonds. The van der Waals surface area contributed by atoms with Gasteiger partial charge >= 0.3 is 0 Å². The van der Waals surface area contributed by atoms with Gasteiger partial charge in [0, 0.05) is 36.6 Å². The normalized spacial score (nSPS) is 15.8. The standard InChI is InChI=1S/C23H34N4O3S/c1-17(2)16-27-19(4)22(18(3)25-27)15-23(28)24-20-10-9-11-21(14-20)31(29,30)26-12-7-5-6-8-13-26/h9-11,14,17H,5-8,12-13,15-16H2,1-4H3,(H,24,28). The maximum absolute atomic E-state index is 13.1. The molecule has 7 nitrogen and oxygen atoms in total. The highest BCUT2D eigenvalue weighted by molar-refractivity contribution is 7.89. The molecule has 1 aromatic heterocycles. The van der Waals surface area contributed by atoms with Crippen LogP contribution in [0.5, 0.6) is 0 Å². The van der Waals surface area contributed by atoms with Gasteiger partial charge in [-0.3, -0.25) is 9.48 Å². The number of aryl methyl sites for hydroxylation is 1. The van der Waals surface area contributed by atoms with Crippen LogP contribution < -0.4 is 5.32 Å². The molecule has 1 aliphatic heterocycles. The number of carbonyl (C=O) groups excluding carboxylic acids is 1. The van der Waals surface area contributed by atoms with Gasteiger partial charge in [-0.25, -0.2) is 8.42 Å². The fraction of sp³-hybridized carbons (Fsp3) is 0.565. The van der Waals surface area contributed by atoms with Gasteiger partial charge in [0.05, 0.1) is 17.0 Å². The van der Waals surface area contributed by atoms with Gasteiger partial charge < -0.3 is 5.32 Å². The summed E-state index contributed by atoms with van der Waals surface area (Å²) in [5.74, 6) is 0.285. The maximum Gasteiger partial charge on any atom is 0.243 e. The Hall–Kier alpha value is -2.19. The van der Waals surface area contributed by atoms with E-state index in [1.165, 1.54) is 0 Å². The van der Waals surface area contributed by atoms with Gasteiger partial charge in [0.1, 0.15) is 0 Å². The molecule has 1 fully saturated rings. The van der Waals surface area contributed by atoms with Crippen molar-refractivity contribution in [1.29, 1.82) is 0 Å². The predicted molar refractivity (Wildman–Crippen MR) is 123 cm³/mol. The number of carbonyl (C=O) groups is 1. The second-order valence-electron chi connectivity index (χ2n) is 8.80. The first-order chi connectivity index (χ1) is 14.7. The number of sulfonamides is 1. The van der Waals surface area contributed by atoms with Crippen molar-refractivity contribution in [3.8, 4) is 0 Å². The highest BCUT2D eigenvalue weighted by atomic mass is 32.2. The molecule has 0 bridgehead atoms. The first kappa shape index (κ1) is 23.5. The van der Waals surface area contributed by atoms with Gasteiger partial charge in [-0.15, -0.1) is 0 Å². The molecule has 0 atom stereocenters. The van der Waals surface area contributed by atoms with Crippen LogP contribution in [0.4, 0.5) is 5.69 Å². The Morgan fingerprint density at radius 3 is 2.45 bits per heavy atom. The molecule has 0 unspecified atom stereocenters. The minimum Gasteiger partial charge on any atom is -0.326 e. The Morgan fingerprint density at radius 2 is 1.81 bits per heavy atom. The van der Waals surface area contributed by atoms with E-state index >= 15 is 0 Å². The van der Waals surface area contributed by atoms with Crippen LogP contribution in [0.1, 0.15) is 56.5 Å². The molecule has 2 heterocycles. The summed E-state index contributed by atoms with van der Waals surface area (Å²) < 4.78 is 29.6. The average molecular weight is 447 g/mol. The molecule has 0 spiro atoms. The molecular weight excluding hydrogens is 412 g/mol. The summed E-state index contributed by atoms with van der Waals surface area (Å²) in [5, 5.41) is 7.43. The summed E-state index contributed by atoms with van der Waals surface area (Å²) in [6.07, 6.45) is 4.11. The van der Waals surface area contributed by atoms with Crippen molar-refractivity contribution in [2.45, 2.75) is 71.2 Å². The topological polar surface area (TPSA) is 84.3 Å². The number of aromatic nitrogens is 2. The Balaban J connectivity index is 1.72. The third kappa shape index (κ3) is 5.74. The smallest absolute Gasteiger partial charge is 0.243 e. The van der Waals surface area contributed by atoms with Gasteiger partial charge in [0.15, 0.2) is 0 Å². The molecule has 0 aliphatic carbocycles. The van der Waals surface area contributed by atoms with E-state index in [1.54, 1.807) is 28.6 Å². The number of amides is 1. The van der Waals surface area contributed by atoms with E-state index in [0.29, 0.717) is 24.7 Å². The summed E-state index contributed by atoms with van der Waals surface area (Å²) in [4.78, 5) is 12.9. The number of hydrogen-bond donors (Lipinski definition) is 1. The van der Waals surface area contributed by atoms with Crippen molar-refractivity contribution in [3.05, 3.63) is 41.2 Å². The summed E-state index contributed by atoms with van der Waals surface area (Å²) in [6.45, 7) is 10.1. The number of nitrogens with one attached hydrogen (secondary N) is 1. The first-order valence-corrected chi connectivity index (χ1v) is 12.6. The molecular formula is C23H34N4O3S. The first-order valence-electron chi connectivity index (χ1n) is 11.1. The van der Waals surface area contributed by atoms with E-state index < -0.39 is 10.0 Å². The molecule has 170 valence electrons. The Morgan fingerprint density at radius 1 is 1.13 bits per heavy atom. The van der Waals surface area contributed by atoms with Crippen LogP contribution >= 0.6 is 0 Å². The highest BCUT2D eigenvalue weighted by Gasteiger charge is 2.25. The zero-order valence-corrected chi connectivity index (χ0v) is 19.8. The number of benzene rings is 1. The van der Waals surface area contributed by atoms with Crippen LogP contribution in [-0.2, 0) is 27.8 Å². The van der Waals surface area contributed by atoms with Crippen molar-refractivity contribution in [2.24, 2.45) is 5.92 Å². The van der Waals surface area contributed by atoms with Gasteiger partial charge in [0.25, 0.3) is 0 Å². The summed E-state index contributed by atoms with van der Waals surface area (Å²) >= 11 is 0. The molecule has 1 aliphatic rings. The van der Waals surface area contributed by atoms with Gasteiger partial charge in [0.2, 0.25) is 15.9 Å². The van der Waals surface area contributed by atoms with Crippen LogP contribution in [0.15, 0.2) is 29.2 Å². The van der Waals surface area contributed by atoms with Crippen LogP contribution in [0.2, 0.25) is 0 Å². The Bertz CT molecular complexity index is 1020. The van der Waals surface area contributed by atoms with Crippen molar-refractivity contribution < 1.29 is 13.2 Å². The number of nitrogens with zero attached hydrogens (tertiary/aromatic N) is 3. The van der Waals surface area contributed by atoms with E-state index in [-0.39, 0.29) is 17.2 Å². The van der Waals surface area contributed by atoms with E-state index in [1.807, 2.05) is 18.5 Å². The minimum atomic E-state index is -3.56. The predicted octanol–water partition coefficient (Wildman–Crippen LogP) is 3.90. The minimum absolute atomic E-state index is 0.181. The van der Waals surface area contributed by atoms with Crippen LogP contribution in [0, 0.1) is 19.8 Å². The molecule has 1 N–H and O–H groups in total. The number of anilines is 1. The second kappa shape index (κ2) is 9.96. The van der Waals surface area contributed by atoms with Gasteiger partial charge in [-0.05, 0) is 50.8 Å². The van der Waals surface area contributed by atoms with Crippen LogP contribution in [-0.4, -0.2) is 41.5 Å². The highest BCUT2D eigenvalue weighted by Crippen LogP contribution is 2.23. The lowest BCUT2D eigenvalue weighted by Crippen LogP contribution is -2.32. The van der Waals surface area contributed by atoms with Crippen LogP contribution in [0.25, 0.3) is 0 Å². The molecule has 2 aromatic rings. The third-order valence-corrected chi connectivity index (χ3v) is 7.62. The summed E-state index contributed by atoms with van der Waals surface area (Å²) in [5.41, 5.74) is 3.27. The zero-order chi connectivity index (χ0) is 22.6. The van der Waals surface area contributed by atoms with Gasteiger partial charge in [-0.1, -0.05) is 32.8 Å². The second-order valence-corrected chi connectivity index (χ2v) is 10.7. The monoisotopic (exact) mass is 446 g/mol. The van der Waals surface area contributed by atoms with E-state index in [2.05, 4.69) is 24.3 Å². The summed E-state index contributed by atoms with van der Waals surface area (Å²) in [7, 11) is -3.56. The molecule has 31 heavy (non-hydrogen) atoms. The quantitative estimate of drug-likeness (QED) is 0.699. The average Bonchev–Trinajstić information content (AvgIpc) is 2.91. The van der Waals surface area contributed by atoms with Gasteiger partial charge in [-0.2, -0.15) is 9.40 Å². The number of rotatable bonds is 7. The van der Waals surface area contributed by atoms with Crippen molar-refractivity contribution in [2.75, 3.05) is 18.4 Å². The maximum atomic E-state index is 13.1. The molecule has 1 aromatic carbocycles. The van der Waals surface area contributed by atoms with Crippen LogP contribution in [0.3, 0.4) is 0 Å².